The number of allylic oxidation sites excluding steroid dienone is 1. The molecule has 0 saturated heterocycles. The molecule has 0 radical (unpaired) electrons. The van der Waals surface area contributed by atoms with Crippen molar-refractivity contribution in [3.05, 3.63) is 22.8 Å². The maximum Gasteiger partial charge on any atom is 0.344 e. The first-order valence-electron chi connectivity index (χ1n) is 4.53. The molecule has 0 amide bonds. The lowest BCUT2D eigenvalue weighted by Crippen LogP contribution is -2.15. The Balaban J connectivity index is 2.91. The number of aliphatic hydroxyl groups excluding tert-OH is 1. The van der Waals surface area contributed by atoms with Crippen LogP contribution < -0.4 is 0 Å². The van der Waals surface area contributed by atoms with Gasteiger partial charge in [-0.3, -0.25) is 4.99 Å². The summed E-state index contributed by atoms with van der Waals surface area (Å²) >= 11 is 1.29. The van der Waals surface area contributed by atoms with Crippen molar-refractivity contribution < 1.29 is 14.6 Å². The molecule has 5 heteroatoms. The number of hydrogen-bond donors (Lipinski definition) is 1. The highest BCUT2D eigenvalue weighted by molar-refractivity contribution is 8.18. The minimum atomic E-state index is -0.543. The highest BCUT2D eigenvalue weighted by Crippen LogP contribution is 2.28. The van der Waals surface area contributed by atoms with Gasteiger partial charge in [-0.1, -0.05) is 18.3 Å². The van der Waals surface area contributed by atoms with E-state index in [1.165, 1.54) is 18.7 Å². The Kier molecular flexibility index (Phi) is 3.96. The van der Waals surface area contributed by atoms with Gasteiger partial charge in [-0.25, -0.2) is 4.79 Å². The number of aliphatic hydroxyl groups is 1. The maximum atomic E-state index is 11.5. The standard InChI is InChI=1S/C10H13NO3S/c1-4-14-10(13)8(7(3)12)9-11-5-6(2)15-9/h12H,2,4-5H2,1,3H3/b8-7+. The van der Waals surface area contributed by atoms with Gasteiger partial charge in [-0.2, -0.15) is 0 Å². The zero-order valence-corrected chi connectivity index (χ0v) is 9.56. The molecule has 1 N–H and O–H groups in total. The van der Waals surface area contributed by atoms with Crippen LogP contribution in [0.25, 0.3) is 0 Å². The Bertz CT molecular complexity index is 354. The third-order valence-electron chi connectivity index (χ3n) is 1.70. The number of thioether (sulfide) groups is 1. The van der Waals surface area contributed by atoms with Gasteiger partial charge in [0.1, 0.15) is 16.4 Å². The summed E-state index contributed by atoms with van der Waals surface area (Å²) in [6, 6.07) is 0. The number of rotatable bonds is 3. The fourth-order valence-corrected chi connectivity index (χ4v) is 1.95. The number of carbonyl (C=O) groups excluding carboxylic acids is 1. The SMILES string of the molecule is C=C1CN=C(/C(C(=O)OCC)=C(/C)O)S1. The normalized spacial score (nSPS) is 17.2. The second-order valence-electron chi connectivity index (χ2n) is 2.94. The Morgan fingerprint density at radius 1 is 1.73 bits per heavy atom. The smallest absolute Gasteiger partial charge is 0.344 e. The molecule has 0 atom stereocenters. The molecule has 1 aliphatic rings. The van der Waals surface area contributed by atoms with Crippen molar-refractivity contribution in [1.82, 2.24) is 0 Å². The predicted octanol–water partition coefficient (Wildman–Crippen LogP) is 2.04. The monoisotopic (exact) mass is 227 g/mol. The van der Waals surface area contributed by atoms with Crippen LogP contribution in [0.15, 0.2) is 27.8 Å². The predicted molar refractivity (Wildman–Crippen MR) is 61.0 cm³/mol. The van der Waals surface area contributed by atoms with E-state index in [0.29, 0.717) is 11.6 Å². The van der Waals surface area contributed by atoms with E-state index in [2.05, 4.69) is 11.6 Å². The van der Waals surface area contributed by atoms with E-state index in [9.17, 15) is 9.90 Å². The third-order valence-corrected chi connectivity index (χ3v) is 2.64. The van der Waals surface area contributed by atoms with Gasteiger partial charge >= 0.3 is 5.97 Å². The summed E-state index contributed by atoms with van der Waals surface area (Å²) in [6.45, 7) is 7.65. The number of aliphatic imine (C=N–C) groups is 1. The Labute approximate surface area is 92.7 Å². The summed E-state index contributed by atoms with van der Waals surface area (Å²) in [5.74, 6) is -0.618. The van der Waals surface area contributed by atoms with E-state index in [1.807, 2.05) is 0 Å². The molecule has 4 nitrogen and oxygen atoms in total. The Morgan fingerprint density at radius 3 is 2.80 bits per heavy atom. The Morgan fingerprint density at radius 2 is 2.40 bits per heavy atom. The number of nitrogens with zero attached hydrogens (tertiary/aromatic N) is 1. The van der Waals surface area contributed by atoms with Crippen LogP contribution in [0.3, 0.4) is 0 Å². The molecule has 0 aromatic heterocycles. The molecule has 1 heterocycles. The van der Waals surface area contributed by atoms with E-state index >= 15 is 0 Å². The number of hydrogen-bond acceptors (Lipinski definition) is 5. The van der Waals surface area contributed by atoms with Gasteiger partial charge in [0, 0.05) is 4.91 Å². The number of carbonyl (C=O) groups is 1. The van der Waals surface area contributed by atoms with Gasteiger partial charge in [0.05, 0.1) is 13.2 Å². The zero-order valence-electron chi connectivity index (χ0n) is 8.74. The van der Waals surface area contributed by atoms with Crippen molar-refractivity contribution in [3.8, 4) is 0 Å². The van der Waals surface area contributed by atoms with Crippen molar-refractivity contribution in [3.63, 3.8) is 0 Å². The minimum absolute atomic E-state index is 0.0746. The fraction of sp³-hybridized carbons (Fsp3) is 0.400. The van der Waals surface area contributed by atoms with Gasteiger partial charge < -0.3 is 9.84 Å². The van der Waals surface area contributed by atoms with Crippen molar-refractivity contribution in [2.45, 2.75) is 13.8 Å². The zero-order chi connectivity index (χ0) is 11.4. The number of esters is 1. The van der Waals surface area contributed by atoms with E-state index in [0.717, 1.165) is 4.91 Å². The van der Waals surface area contributed by atoms with Gasteiger partial charge in [-0.15, -0.1) is 0 Å². The maximum absolute atomic E-state index is 11.5. The molecule has 0 spiro atoms. The average Bonchev–Trinajstić information content (AvgIpc) is 2.51. The summed E-state index contributed by atoms with van der Waals surface area (Å²) < 4.78 is 4.83. The fourth-order valence-electron chi connectivity index (χ4n) is 1.08. The van der Waals surface area contributed by atoms with Gasteiger partial charge in [0.25, 0.3) is 0 Å². The van der Waals surface area contributed by atoms with Gasteiger partial charge in [0.2, 0.25) is 0 Å². The van der Waals surface area contributed by atoms with Gasteiger partial charge in [-0.05, 0) is 13.8 Å². The quantitative estimate of drug-likeness (QED) is 0.455. The molecular formula is C10H13NO3S. The molecule has 0 aromatic rings. The molecule has 0 unspecified atom stereocenters. The molecule has 15 heavy (non-hydrogen) atoms. The minimum Gasteiger partial charge on any atom is -0.512 e. The largest absolute Gasteiger partial charge is 0.512 e. The molecule has 1 aliphatic heterocycles. The highest BCUT2D eigenvalue weighted by atomic mass is 32.2. The van der Waals surface area contributed by atoms with Crippen LogP contribution in [0.4, 0.5) is 0 Å². The second kappa shape index (κ2) is 5.02. The van der Waals surface area contributed by atoms with Crippen LogP contribution >= 0.6 is 11.8 Å². The first kappa shape index (κ1) is 11.8. The van der Waals surface area contributed by atoms with Crippen LogP contribution in [0.5, 0.6) is 0 Å². The van der Waals surface area contributed by atoms with Crippen LogP contribution in [0.2, 0.25) is 0 Å². The summed E-state index contributed by atoms with van der Waals surface area (Å²) in [5.41, 5.74) is 0.139. The molecule has 0 fully saturated rings. The van der Waals surface area contributed by atoms with Gasteiger partial charge in [0.15, 0.2) is 0 Å². The molecule has 82 valence electrons. The van der Waals surface area contributed by atoms with E-state index < -0.39 is 5.97 Å². The highest BCUT2D eigenvalue weighted by Gasteiger charge is 2.24. The van der Waals surface area contributed by atoms with Crippen LogP contribution in [0, 0.1) is 0 Å². The topological polar surface area (TPSA) is 58.9 Å². The molecule has 0 aliphatic carbocycles. The molecule has 0 bridgehead atoms. The first-order valence-corrected chi connectivity index (χ1v) is 5.35. The van der Waals surface area contributed by atoms with E-state index in [4.69, 9.17) is 4.74 Å². The lowest BCUT2D eigenvalue weighted by Gasteiger charge is -2.06. The summed E-state index contributed by atoms with van der Waals surface area (Å²) in [7, 11) is 0. The third kappa shape index (κ3) is 2.86. The van der Waals surface area contributed by atoms with Crippen molar-refractivity contribution in [2.75, 3.05) is 13.2 Å². The van der Waals surface area contributed by atoms with Crippen molar-refractivity contribution in [1.29, 1.82) is 0 Å². The van der Waals surface area contributed by atoms with E-state index in [-0.39, 0.29) is 17.9 Å². The van der Waals surface area contributed by atoms with Crippen LogP contribution in [0.1, 0.15) is 13.8 Å². The molecular weight excluding hydrogens is 214 g/mol. The summed E-state index contributed by atoms with van der Waals surface area (Å²) in [5, 5.41) is 9.90. The first-order chi connectivity index (χ1) is 7.06. The number of ether oxygens (including phenoxy) is 1. The molecule has 0 aromatic carbocycles. The summed E-state index contributed by atoms with van der Waals surface area (Å²) in [4.78, 5) is 16.5. The Hall–Kier alpha value is -1.23. The van der Waals surface area contributed by atoms with Crippen LogP contribution in [-0.2, 0) is 9.53 Å². The summed E-state index contributed by atoms with van der Waals surface area (Å²) in [6.07, 6.45) is 0. The lowest BCUT2D eigenvalue weighted by atomic mass is 10.2. The lowest BCUT2D eigenvalue weighted by molar-refractivity contribution is -0.138. The van der Waals surface area contributed by atoms with Crippen molar-refractivity contribution >= 4 is 22.8 Å². The molecule has 0 saturated carbocycles. The average molecular weight is 227 g/mol. The van der Waals surface area contributed by atoms with Crippen molar-refractivity contribution in [2.24, 2.45) is 4.99 Å². The van der Waals surface area contributed by atoms with Crippen LogP contribution in [-0.4, -0.2) is 29.3 Å². The second-order valence-corrected chi connectivity index (χ2v) is 4.11. The molecule has 1 rings (SSSR count). The van der Waals surface area contributed by atoms with E-state index in [1.54, 1.807) is 6.92 Å².